The third-order valence-electron chi connectivity index (χ3n) is 7.04. The molecular formula is C28H28F5N5OS. The van der Waals surface area contributed by atoms with E-state index in [1.165, 1.54) is 34.8 Å². The molecular weight excluding hydrogens is 549 g/mol. The molecule has 1 aromatic heterocycles. The lowest BCUT2D eigenvalue weighted by Gasteiger charge is -2.21. The van der Waals surface area contributed by atoms with Gasteiger partial charge in [0.25, 0.3) is 5.91 Å². The van der Waals surface area contributed by atoms with E-state index in [0.717, 1.165) is 30.7 Å². The third-order valence-corrected chi connectivity index (χ3v) is 7.96. The minimum atomic E-state index is -4.72. The smallest absolute Gasteiger partial charge is 0.347 e. The molecule has 1 amide bonds. The van der Waals surface area contributed by atoms with Gasteiger partial charge < -0.3 is 10.2 Å². The first-order valence-electron chi connectivity index (χ1n) is 12.9. The van der Waals surface area contributed by atoms with E-state index in [1.807, 2.05) is 0 Å². The van der Waals surface area contributed by atoms with E-state index in [-0.39, 0.29) is 35.2 Å². The van der Waals surface area contributed by atoms with Gasteiger partial charge in [-0.15, -0.1) is 0 Å². The lowest BCUT2D eigenvalue weighted by atomic mass is 9.97. The number of benzene rings is 2. The molecule has 3 aromatic rings. The molecule has 1 aliphatic heterocycles. The van der Waals surface area contributed by atoms with Crippen molar-refractivity contribution in [2.75, 3.05) is 12.3 Å². The molecule has 40 heavy (non-hydrogen) atoms. The summed E-state index contributed by atoms with van der Waals surface area (Å²) in [7, 11) is 0. The first-order valence-corrected chi connectivity index (χ1v) is 13.9. The van der Waals surface area contributed by atoms with Crippen LogP contribution < -0.4 is 5.32 Å². The summed E-state index contributed by atoms with van der Waals surface area (Å²) in [6.07, 6.45) is -1.79. The number of thioether (sulfide) groups is 1. The minimum Gasteiger partial charge on any atom is -0.347 e. The number of aromatic nitrogens is 2. The monoisotopic (exact) mass is 577 g/mol. The van der Waals surface area contributed by atoms with Crippen LogP contribution in [0.5, 0.6) is 0 Å². The number of hydrogen-bond donors (Lipinski definition) is 2. The van der Waals surface area contributed by atoms with Gasteiger partial charge in [0.2, 0.25) is 0 Å². The van der Waals surface area contributed by atoms with Gasteiger partial charge in [0, 0.05) is 42.2 Å². The van der Waals surface area contributed by atoms with Crippen LogP contribution in [0.2, 0.25) is 0 Å². The summed E-state index contributed by atoms with van der Waals surface area (Å²) in [4.78, 5) is 15.4. The van der Waals surface area contributed by atoms with Gasteiger partial charge in [-0.05, 0) is 79.6 Å². The molecule has 212 valence electrons. The van der Waals surface area contributed by atoms with Crippen LogP contribution in [0.25, 0.3) is 11.1 Å². The fourth-order valence-corrected chi connectivity index (χ4v) is 5.64. The summed E-state index contributed by atoms with van der Waals surface area (Å²) < 4.78 is 70.8. The maximum atomic E-state index is 14.0. The van der Waals surface area contributed by atoms with Crippen LogP contribution in [0.15, 0.2) is 42.6 Å². The zero-order chi connectivity index (χ0) is 28.8. The number of halogens is 5. The second kappa shape index (κ2) is 10.9. The summed E-state index contributed by atoms with van der Waals surface area (Å²) in [6, 6.07) is 7.20. The highest BCUT2D eigenvalue weighted by molar-refractivity contribution is 8.14. The van der Waals surface area contributed by atoms with Crippen molar-refractivity contribution < 1.29 is 26.7 Å². The number of carbonyl (C=O) groups is 1. The molecule has 1 saturated heterocycles. The first-order chi connectivity index (χ1) is 18.9. The second-order valence-corrected chi connectivity index (χ2v) is 11.5. The number of nitrogens with one attached hydrogen (secondary N) is 2. The van der Waals surface area contributed by atoms with E-state index in [4.69, 9.17) is 5.41 Å². The van der Waals surface area contributed by atoms with Crippen LogP contribution >= 0.6 is 11.8 Å². The molecule has 6 nitrogen and oxygen atoms in total. The average molecular weight is 578 g/mol. The van der Waals surface area contributed by atoms with Crippen LogP contribution in [-0.4, -0.2) is 38.1 Å². The van der Waals surface area contributed by atoms with Gasteiger partial charge in [0.1, 0.15) is 0 Å². The summed E-state index contributed by atoms with van der Waals surface area (Å²) in [5.41, 5.74) is 0.0945. The topological polar surface area (TPSA) is 74.0 Å². The summed E-state index contributed by atoms with van der Waals surface area (Å²) in [5.74, 6) is -1.78. The highest BCUT2D eigenvalue weighted by Crippen LogP contribution is 2.42. The SMILES string of the molecule is CC(C)n1cc(-c2cc(CN3CCSC3=N)cc(C(=O)N[C@H](c3ccc(F)c(F)c3)C3CC3)c2)c(C(F)(F)F)n1. The van der Waals surface area contributed by atoms with Crippen molar-refractivity contribution in [2.24, 2.45) is 5.92 Å². The average Bonchev–Trinajstić information content (AvgIpc) is 3.48. The van der Waals surface area contributed by atoms with Gasteiger partial charge in [-0.25, -0.2) is 8.78 Å². The number of rotatable bonds is 8. The maximum Gasteiger partial charge on any atom is 0.435 e. The Morgan fingerprint density at radius 2 is 1.90 bits per heavy atom. The van der Waals surface area contributed by atoms with E-state index < -0.39 is 35.5 Å². The van der Waals surface area contributed by atoms with Gasteiger partial charge in [-0.1, -0.05) is 17.8 Å². The number of nitrogens with zero attached hydrogens (tertiary/aromatic N) is 3. The molecule has 1 saturated carbocycles. The van der Waals surface area contributed by atoms with Gasteiger partial charge in [-0.2, -0.15) is 18.3 Å². The van der Waals surface area contributed by atoms with E-state index in [1.54, 1.807) is 30.9 Å². The largest absolute Gasteiger partial charge is 0.435 e. The summed E-state index contributed by atoms with van der Waals surface area (Å²) in [5, 5.41) is 15.2. The molecule has 5 rings (SSSR count). The molecule has 0 radical (unpaired) electrons. The zero-order valence-corrected chi connectivity index (χ0v) is 22.7. The zero-order valence-electron chi connectivity index (χ0n) is 21.9. The van der Waals surface area contributed by atoms with E-state index >= 15 is 0 Å². The third kappa shape index (κ3) is 6.01. The van der Waals surface area contributed by atoms with Crippen molar-refractivity contribution in [1.29, 1.82) is 5.41 Å². The number of alkyl halides is 3. The fraction of sp³-hybridized carbons (Fsp3) is 0.393. The molecule has 1 atom stereocenters. The van der Waals surface area contributed by atoms with Gasteiger partial charge in [0.05, 0.1) is 6.04 Å². The Labute approximate surface area is 232 Å². The molecule has 2 N–H and O–H groups in total. The first kappa shape index (κ1) is 28.1. The van der Waals surface area contributed by atoms with Crippen molar-refractivity contribution in [3.8, 4) is 11.1 Å². The predicted octanol–water partition coefficient (Wildman–Crippen LogP) is 6.79. The van der Waals surface area contributed by atoms with Crippen molar-refractivity contribution in [1.82, 2.24) is 20.0 Å². The van der Waals surface area contributed by atoms with Crippen LogP contribution in [0.3, 0.4) is 0 Å². The molecule has 2 aliphatic rings. The molecule has 2 heterocycles. The highest BCUT2D eigenvalue weighted by Gasteiger charge is 2.38. The molecule has 2 fully saturated rings. The maximum absolute atomic E-state index is 14.0. The number of carbonyl (C=O) groups excluding carboxylic acids is 1. The van der Waals surface area contributed by atoms with Gasteiger partial charge >= 0.3 is 6.18 Å². The Balaban J connectivity index is 1.54. The molecule has 12 heteroatoms. The second-order valence-electron chi connectivity index (χ2n) is 10.4. The molecule has 1 aliphatic carbocycles. The summed E-state index contributed by atoms with van der Waals surface area (Å²) in [6.45, 7) is 4.29. The van der Waals surface area contributed by atoms with E-state index in [0.29, 0.717) is 22.8 Å². The van der Waals surface area contributed by atoms with Gasteiger partial charge in [0.15, 0.2) is 22.5 Å². The van der Waals surface area contributed by atoms with Crippen molar-refractivity contribution in [3.05, 3.63) is 76.6 Å². The molecule has 0 spiro atoms. The highest BCUT2D eigenvalue weighted by atomic mass is 32.2. The Bertz CT molecular complexity index is 1450. The molecule has 0 unspecified atom stereocenters. The molecule has 2 aromatic carbocycles. The summed E-state index contributed by atoms with van der Waals surface area (Å²) >= 11 is 1.38. The Hall–Kier alpha value is -3.41. The normalized spacial score (nSPS) is 16.6. The predicted molar refractivity (Wildman–Crippen MR) is 143 cm³/mol. The quantitative estimate of drug-likeness (QED) is 0.289. The fourth-order valence-electron chi connectivity index (χ4n) is 4.80. The Kier molecular flexibility index (Phi) is 7.64. The van der Waals surface area contributed by atoms with Crippen molar-refractivity contribution in [3.63, 3.8) is 0 Å². The van der Waals surface area contributed by atoms with Crippen molar-refractivity contribution >= 4 is 22.8 Å². The van der Waals surface area contributed by atoms with Gasteiger partial charge in [-0.3, -0.25) is 14.9 Å². The lowest BCUT2D eigenvalue weighted by molar-refractivity contribution is -0.141. The minimum absolute atomic E-state index is 0.0414. The Morgan fingerprint density at radius 3 is 2.50 bits per heavy atom. The molecule has 0 bridgehead atoms. The van der Waals surface area contributed by atoms with Crippen LogP contribution in [0.4, 0.5) is 22.0 Å². The van der Waals surface area contributed by atoms with Crippen LogP contribution in [0, 0.1) is 23.0 Å². The van der Waals surface area contributed by atoms with Crippen LogP contribution in [-0.2, 0) is 12.7 Å². The lowest BCUT2D eigenvalue weighted by Crippen LogP contribution is -2.30. The van der Waals surface area contributed by atoms with Crippen molar-refractivity contribution in [2.45, 2.75) is 51.5 Å². The number of hydrogen-bond acceptors (Lipinski definition) is 4. The van der Waals surface area contributed by atoms with E-state index in [9.17, 15) is 26.7 Å². The number of amidine groups is 1. The van der Waals surface area contributed by atoms with Crippen LogP contribution in [0.1, 0.15) is 66.0 Å². The standard InChI is InChI=1S/C28H28F5N5OS/c1-15(2)38-14-21(25(36-38)28(31,32)33)19-9-16(13-37-7-8-40-27(37)34)10-20(11-19)26(39)35-24(17-3-4-17)18-5-6-22(29)23(30)12-18/h5-6,9-12,14-15,17,24,34H,3-4,7-8,13H2,1-2H3,(H,35,39)/t24-/m0/s1. The Morgan fingerprint density at radius 1 is 1.15 bits per heavy atom. The number of amides is 1. The van der Waals surface area contributed by atoms with E-state index in [2.05, 4.69) is 10.4 Å².